The molecular formula is C13H21N3O2. The van der Waals surface area contributed by atoms with Gasteiger partial charge >= 0.3 is 0 Å². The minimum Gasteiger partial charge on any atom is -0.385 e. The van der Waals surface area contributed by atoms with Gasteiger partial charge in [-0.2, -0.15) is 0 Å². The second kappa shape index (κ2) is 7.79. The number of hydrogen-bond donors (Lipinski definition) is 1. The van der Waals surface area contributed by atoms with Crippen LogP contribution in [0.4, 0.5) is 5.69 Å². The molecule has 0 saturated heterocycles. The molecule has 0 aromatic carbocycles. The summed E-state index contributed by atoms with van der Waals surface area (Å²) in [6.07, 6.45) is 4.76. The Morgan fingerprint density at radius 3 is 2.72 bits per heavy atom. The molecule has 100 valence electrons. The van der Waals surface area contributed by atoms with Gasteiger partial charge in [-0.3, -0.25) is 9.78 Å². The molecule has 2 N–H and O–H groups in total. The molecule has 0 bridgehead atoms. The lowest BCUT2D eigenvalue weighted by Gasteiger charge is -2.24. The van der Waals surface area contributed by atoms with E-state index in [1.54, 1.807) is 24.4 Å². The quantitative estimate of drug-likeness (QED) is 0.739. The van der Waals surface area contributed by atoms with Crippen LogP contribution in [0.3, 0.4) is 0 Å². The van der Waals surface area contributed by atoms with Gasteiger partial charge < -0.3 is 15.4 Å². The van der Waals surface area contributed by atoms with Crippen LogP contribution in [-0.4, -0.2) is 37.2 Å². The fraction of sp³-hybridized carbons (Fsp3) is 0.538. The van der Waals surface area contributed by atoms with E-state index >= 15 is 0 Å². The summed E-state index contributed by atoms with van der Waals surface area (Å²) in [6, 6.07) is 3.14. The number of anilines is 1. The van der Waals surface area contributed by atoms with Gasteiger partial charge in [0.15, 0.2) is 0 Å². The van der Waals surface area contributed by atoms with E-state index in [4.69, 9.17) is 10.5 Å². The van der Waals surface area contributed by atoms with E-state index in [0.717, 1.165) is 12.1 Å². The highest BCUT2D eigenvalue weighted by Crippen LogP contribution is 2.13. The summed E-state index contributed by atoms with van der Waals surface area (Å²) in [6.45, 7) is 3.16. The second-order valence-corrected chi connectivity index (χ2v) is 4.03. The highest BCUT2D eigenvalue weighted by atomic mass is 16.5. The molecule has 5 nitrogen and oxygen atoms in total. The van der Waals surface area contributed by atoms with Crippen LogP contribution in [0.2, 0.25) is 0 Å². The molecule has 5 heteroatoms. The predicted molar refractivity (Wildman–Crippen MR) is 71.3 cm³/mol. The number of ether oxygens (including phenoxy) is 1. The van der Waals surface area contributed by atoms with Crippen molar-refractivity contribution in [3.05, 3.63) is 24.5 Å². The zero-order valence-electron chi connectivity index (χ0n) is 11.0. The molecule has 18 heavy (non-hydrogen) atoms. The van der Waals surface area contributed by atoms with Crippen LogP contribution in [-0.2, 0) is 9.53 Å². The van der Waals surface area contributed by atoms with Crippen molar-refractivity contribution in [2.45, 2.75) is 25.8 Å². The lowest BCUT2D eigenvalue weighted by Crippen LogP contribution is -2.44. The molecule has 0 radical (unpaired) electrons. The fourth-order valence-electron chi connectivity index (χ4n) is 1.76. The predicted octanol–water partition coefficient (Wildman–Crippen LogP) is 1.19. The van der Waals surface area contributed by atoms with Crippen molar-refractivity contribution in [3.63, 3.8) is 0 Å². The summed E-state index contributed by atoms with van der Waals surface area (Å²) in [4.78, 5) is 17.8. The zero-order valence-corrected chi connectivity index (χ0v) is 11.0. The fourth-order valence-corrected chi connectivity index (χ4v) is 1.76. The lowest BCUT2D eigenvalue weighted by molar-refractivity contribution is -0.120. The number of hydrogen-bond acceptors (Lipinski definition) is 4. The smallest absolute Gasteiger partial charge is 0.243 e. The van der Waals surface area contributed by atoms with E-state index in [9.17, 15) is 4.79 Å². The number of likely N-dealkylation sites (N-methyl/N-ethyl adjacent to an activating group) is 1. The third-order valence-electron chi connectivity index (χ3n) is 2.74. The minimum absolute atomic E-state index is 0.0557. The van der Waals surface area contributed by atoms with E-state index in [1.165, 1.54) is 0 Å². The Hall–Kier alpha value is -1.46. The Morgan fingerprint density at radius 2 is 2.17 bits per heavy atom. The van der Waals surface area contributed by atoms with Gasteiger partial charge in [-0.15, -0.1) is 0 Å². The Labute approximate surface area is 108 Å². The molecule has 0 aliphatic heterocycles. The summed E-state index contributed by atoms with van der Waals surface area (Å²) < 4.78 is 4.95. The van der Waals surface area contributed by atoms with E-state index in [2.05, 4.69) is 4.98 Å². The number of amides is 1. The molecule has 0 saturated carbocycles. The van der Waals surface area contributed by atoms with Crippen molar-refractivity contribution < 1.29 is 9.53 Å². The number of nitrogens with zero attached hydrogens (tertiary/aromatic N) is 2. The molecule has 1 aromatic heterocycles. The maximum atomic E-state index is 12.2. The summed E-state index contributed by atoms with van der Waals surface area (Å²) in [5.41, 5.74) is 6.74. The van der Waals surface area contributed by atoms with Gasteiger partial charge in [-0.1, -0.05) is 0 Å². The van der Waals surface area contributed by atoms with Gasteiger partial charge in [-0.25, -0.2) is 0 Å². The average Bonchev–Trinajstić information content (AvgIpc) is 2.41. The van der Waals surface area contributed by atoms with Gasteiger partial charge in [0.05, 0.1) is 6.04 Å². The van der Waals surface area contributed by atoms with Crippen molar-refractivity contribution in [1.29, 1.82) is 0 Å². The number of aromatic nitrogens is 1. The number of carbonyl (C=O) groups excluding carboxylic acids is 1. The molecule has 1 rings (SSSR count). The molecule has 1 atom stereocenters. The molecular weight excluding hydrogens is 230 g/mol. The zero-order chi connectivity index (χ0) is 13.4. The Bertz CT molecular complexity index is 357. The molecule has 1 heterocycles. The third-order valence-corrected chi connectivity index (χ3v) is 2.74. The Kier molecular flexibility index (Phi) is 6.32. The average molecular weight is 251 g/mol. The molecule has 0 spiro atoms. The van der Waals surface area contributed by atoms with E-state index in [-0.39, 0.29) is 5.91 Å². The molecule has 1 unspecified atom stereocenters. The van der Waals surface area contributed by atoms with Crippen LogP contribution in [0.5, 0.6) is 0 Å². The van der Waals surface area contributed by atoms with Gasteiger partial charge in [0.2, 0.25) is 5.91 Å². The highest BCUT2D eigenvalue weighted by molar-refractivity contribution is 5.96. The van der Waals surface area contributed by atoms with Crippen LogP contribution < -0.4 is 10.6 Å². The molecule has 1 amide bonds. The number of rotatable bonds is 7. The topological polar surface area (TPSA) is 68.5 Å². The summed E-state index contributed by atoms with van der Waals surface area (Å²) in [7, 11) is 1.64. The monoisotopic (exact) mass is 251 g/mol. The first-order valence-corrected chi connectivity index (χ1v) is 6.16. The van der Waals surface area contributed by atoms with Gasteiger partial charge in [0, 0.05) is 38.3 Å². The molecule has 0 aliphatic rings. The summed E-state index contributed by atoms with van der Waals surface area (Å²) >= 11 is 0. The van der Waals surface area contributed by atoms with Crippen LogP contribution in [0.1, 0.15) is 19.8 Å². The highest BCUT2D eigenvalue weighted by Gasteiger charge is 2.20. The number of methoxy groups -OCH3 is 1. The Morgan fingerprint density at radius 1 is 1.50 bits per heavy atom. The maximum Gasteiger partial charge on any atom is 0.243 e. The molecule has 0 aliphatic carbocycles. The van der Waals surface area contributed by atoms with Crippen LogP contribution in [0.15, 0.2) is 24.5 Å². The molecule has 1 aromatic rings. The van der Waals surface area contributed by atoms with Crippen LogP contribution in [0, 0.1) is 0 Å². The van der Waals surface area contributed by atoms with Crippen molar-refractivity contribution in [2.24, 2.45) is 5.73 Å². The maximum absolute atomic E-state index is 12.2. The second-order valence-electron chi connectivity index (χ2n) is 4.03. The van der Waals surface area contributed by atoms with Gasteiger partial charge in [-0.05, 0) is 31.9 Å². The summed E-state index contributed by atoms with van der Waals surface area (Å²) in [5.74, 6) is -0.0557. The number of carbonyl (C=O) groups is 1. The first-order valence-electron chi connectivity index (χ1n) is 6.16. The summed E-state index contributed by atoms with van der Waals surface area (Å²) in [5, 5.41) is 0. The first-order chi connectivity index (χ1) is 8.70. The van der Waals surface area contributed by atoms with Gasteiger partial charge in [0.1, 0.15) is 0 Å². The van der Waals surface area contributed by atoms with Gasteiger partial charge in [0.25, 0.3) is 0 Å². The van der Waals surface area contributed by atoms with Crippen molar-refractivity contribution >= 4 is 11.6 Å². The largest absolute Gasteiger partial charge is 0.385 e. The van der Waals surface area contributed by atoms with Crippen molar-refractivity contribution in [3.8, 4) is 0 Å². The van der Waals surface area contributed by atoms with Crippen LogP contribution in [0.25, 0.3) is 0 Å². The van der Waals surface area contributed by atoms with E-state index in [0.29, 0.717) is 19.6 Å². The standard InChI is InChI=1S/C13H21N3O2/c1-3-16(11-6-8-15-9-7-11)13(17)12(14)5-4-10-18-2/h6-9,12H,3-5,10,14H2,1-2H3. The van der Waals surface area contributed by atoms with E-state index in [1.807, 2.05) is 19.1 Å². The lowest BCUT2D eigenvalue weighted by atomic mass is 10.1. The molecule has 0 fully saturated rings. The van der Waals surface area contributed by atoms with E-state index < -0.39 is 6.04 Å². The number of nitrogens with two attached hydrogens (primary N) is 1. The Balaban J connectivity index is 2.62. The number of pyridine rings is 1. The normalized spacial score (nSPS) is 12.2. The van der Waals surface area contributed by atoms with Crippen molar-refractivity contribution in [2.75, 3.05) is 25.2 Å². The van der Waals surface area contributed by atoms with Crippen molar-refractivity contribution in [1.82, 2.24) is 4.98 Å². The minimum atomic E-state index is -0.478. The first kappa shape index (κ1) is 14.6. The third kappa shape index (κ3) is 4.09. The SMILES string of the molecule is CCN(C(=O)C(N)CCCOC)c1ccncc1. The van der Waals surface area contributed by atoms with Crippen LogP contribution >= 0.6 is 0 Å².